The molecule has 1 aromatic rings. The zero-order chi connectivity index (χ0) is 13.9. The molecule has 0 radical (unpaired) electrons. The molecule has 18 heavy (non-hydrogen) atoms. The second kappa shape index (κ2) is 5.68. The van der Waals surface area contributed by atoms with Crippen LogP contribution in [0.5, 0.6) is 11.5 Å². The molecule has 98 valence electrons. The Balaban J connectivity index is 2.83. The fourth-order valence-electron chi connectivity index (χ4n) is 1.49. The number of aromatic hydroxyl groups is 2. The molecule has 1 amide bonds. The SMILES string of the molecule is CC(CN(C)C(=O)c1ccc(O)cc1O)C(N)=S. The van der Waals surface area contributed by atoms with E-state index in [1.54, 1.807) is 7.05 Å². The van der Waals surface area contributed by atoms with Gasteiger partial charge in [-0.2, -0.15) is 0 Å². The first-order valence-corrected chi connectivity index (χ1v) is 5.80. The van der Waals surface area contributed by atoms with E-state index < -0.39 is 0 Å². The quantitative estimate of drug-likeness (QED) is 0.712. The predicted molar refractivity (Wildman–Crippen MR) is 72.7 cm³/mol. The van der Waals surface area contributed by atoms with Crippen LogP contribution in [0.4, 0.5) is 0 Å². The molecule has 0 aliphatic heterocycles. The molecule has 6 heteroatoms. The van der Waals surface area contributed by atoms with Crippen LogP contribution >= 0.6 is 12.2 Å². The van der Waals surface area contributed by atoms with Crippen LogP contribution in [0.25, 0.3) is 0 Å². The van der Waals surface area contributed by atoms with Crippen molar-refractivity contribution < 1.29 is 15.0 Å². The van der Waals surface area contributed by atoms with Gasteiger partial charge in [0.2, 0.25) is 0 Å². The molecule has 4 N–H and O–H groups in total. The summed E-state index contributed by atoms with van der Waals surface area (Å²) in [5, 5.41) is 18.8. The third kappa shape index (κ3) is 3.33. The van der Waals surface area contributed by atoms with Gasteiger partial charge in [-0.25, -0.2) is 0 Å². The van der Waals surface area contributed by atoms with Crippen LogP contribution in [-0.4, -0.2) is 39.6 Å². The summed E-state index contributed by atoms with van der Waals surface area (Å²) in [6.45, 7) is 2.19. The monoisotopic (exact) mass is 268 g/mol. The summed E-state index contributed by atoms with van der Waals surface area (Å²) < 4.78 is 0. The Morgan fingerprint density at radius 3 is 2.61 bits per heavy atom. The van der Waals surface area contributed by atoms with Crippen LogP contribution in [0.3, 0.4) is 0 Å². The van der Waals surface area contributed by atoms with E-state index in [1.165, 1.54) is 17.0 Å². The van der Waals surface area contributed by atoms with E-state index in [9.17, 15) is 9.90 Å². The summed E-state index contributed by atoms with van der Waals surface area (Å²) in [5.74, 6) is -0.804. The molecule has 1 atom stereocenters. The van der Waals surface area contributed by atoms with E-state index in [0.29, 0.717) is 11.5 Å². The zero-order valence-electron chi connectivity index (χ0n) is 10.3. The number of carbonyl (C=O) groups excluding carboxylic acids is 1. The van der Waals surface area contributed by atoms with E-state index in [2.05, 4.69) is 0 Å². The molecule has 5 nitrogen and oxygen atoms in total. The van der Waals surface area contributed by atoms with Crippen molar-refractivity contribution in [2.24, 2.45) is 11.7 Å². The van der Waals surface area contributed by atoms with Crippen LogP contribution in [0, 0.1) is 5.92 Å². The maximum Gasteiger partial charge on any atom is 0.257 e. The van der Waals surface area contributed by atoms with Crippen LogP contribution in [0.1, 0.15) is 17.3 Å². The standard InChI is InChI=1S/C12H16N2O3S/c1-7(11(13)18)6-14(2)12(17)9-4-3-8(15)5-10(9)16/h3-5,7,15-16H,6H2,1-2H3,(H2,13,18). The summed E-state index contributed by atoms with van der Waals surface area (Å²) in [6, 6.07) is 3.84. The highest BCUT2D eigenvalue weighted by Gasteiger charge is 2.18. The maximum absolute atomic E-state index is 12.0. The topological polar surface area (TPSA) is 86.8 Å². The molecule has 0 saturated heterocycles. The lowest BCUT2D eigenvalue weighted by Gasteiger charge is -2.21. The average molecular weight is 268 g/mol. The summed E-state index contributed by atoms with van der Waals surface area (Å²) in [4.78, 5) is 13.8. The number of nitrogens with zero attached hydrogens (tertiary/aromatic N) is 1. The Morgan fingerprint density at radius 2 is 2.11 bits per heavy atom. The van der Waals surface area contributed by atoms with Gasteiger partial charge >= 0.3 is 0 Å². The van der Waals surface area contributed by atoms with Gasteiger partial charge in [-0.3, -0.25) is 4.79 Å². The molecule has 1 aromatic carbocycles. The highest BCUT2D eigenvalue weighted by molar-refractivity contribution is 7.80. The van der Waals surface area contributed by atoms with Crippen LogP contribution in [-0.2, 0) is 0 Å². The molecule has 1 rings (SSSR count). The van der Waals surface area contributed by atoms with Crippen molar-refractivity contribution in [2.45, 2.75) is 6.92 Å². The number of nitrogens with two attached hydrogens (primary N) is 1. The van der Waals surface area contributed by atoms with Crippen molar-refractivity contribution in [3.63, 3.8) is 0 Å². The number of rotatable bonds is 4. The average Bonchev–Trinajstić information content (AvgIpc) is 2.27. The van der Waals surface area contributed by atoms with Gasteiger partial charge in [-0.15, -0.1) is 0 Å². The first kappa shape index (κ1) is 14.2. The van der Waals surface area contributed by atoms with Crippen molar-refractivity contribution in [2.75, 3.05) is 13.6 Å². The number of phenols is 2. The second-order valence-corrected chi connectivity index (χ2v) is 4.66. The molecular formula is C12H16N2O3S. The molecule has 0 fully saturated rings. The molecule has 0 heterocycles. The maximum atomic E-state index is 12.0. The van der Waals surface area contributed by atoms with E-state index >= 15 is 0 Å². The largest absolute Gasteiger partial charge is 0.508 e. The minimum atomic E-state index is -0.351. The number of amides is 1. The van der Waals surface area contributed by atoms with Crippen molar-refractivity contribution >= 4 is 23.1 Å². The van der Waals surface area contributed by atoms with Gasteiger partial charge in [0.25, 0.3) is 5.91 Å². The summed E-state index contributed by atoms with van der Waals surface area (Å²) >= 11 is 4.84. The Morgan fingerprint density at radius 1 is 1.50 bits per heavy atom. The number of benzene rings is 1. The minimum Gasteiger partial charge on any atom is -0.508 e. The van der Waals surface area contributed by atoms with Crippen LogP contribution in [0.15, 0.2) is 18.2 Å². The highest BCUT2D eigenvalue weighted by Crippen LogP contribution is 2.23. The van der Waals surface area contributed by atoms with Gasteiger partial charge in [0.15, 0.2) is 0 Å². The summed E-state index contributed by atoms with van der Waals surface area (Å²) in [5.41, 5.74) is 5.61. The highest BCUT2D eigenvalue weighted by atomic mass is 32.1. The number of phenolic OH excluding ortho intramolecular Hbond substituents is 2. The van der Waals surface area contributed by atoms with Gasteiger partial charge < -0.3 is 20.8 Å². The molecule has 0 aliphatic rings. The first-order chi connectivity index (χ1) is 8.32. The Kier molecular flexibility index (Phi) is 4.49. The molecular weight excluding hydrogens is 252 g/mol. The normalized spacial score (nSPS) is 11.9. The van der Waals surface area contributed by atoms with Gasteiger partial charge in [0.05, 0.1) is 10.6 Å². The zero-order valence-corrected chi connectivity index (χ0v) is 11.1. The summed E-state index contributed by atoms with van der Waals surface area (Å²) in [6.07, 6.45) is 0. The molecule has 0 saturated carbocycles. The van der Waals surface area contributed by atoms with E-state index in [1.807, 2.05) is 6.92 Å². The lowest BCUT2D eigenvalue weighted by atomic mass is 10.1. The fourth-order valence-corrected chi connectivity index (χ4v) is 1.56. The Hall–Kier alpha value is -1.82. The van der Waals surface area contributed by atoms with Crippen LogP contribution < -0.4 is 5.73 Å². The summed E-state index contributed by atoms with van der Waals surface area (Å²) in [7, 11) is 1.60. The van der Waals surface area contributed by atoms with E-state index in [4.69, 9.17) is 23.1 Å². The molecule has 1 unspecified atom stereocenters. The molecule has 0 aliphatic carbocycles. The molecule has 0 aromatic heterocycles. The van der Waals surface area contributed by atoms with E-state index in [0.717, 1.165) is 6.07 Å². The van der Waals surface area contributed by atoms with Gasteiger partial charge in [-0.05, 0) is 12.1 Å². The third-order valence-corrected chi connectivity index (χ3v) is 2.99. The lowest BCUT2D eigenvalue weighted by molar-refractivity contribution is 0.0784. The molecule has 0 bridgehead atoms. The fraction of sp³-hybridized carbons (Fsp3) is 0.333. The number of carbonyl (C=O) groups is 1. The van der Waals surface area contributed by atoms with Crippen molar-refractivity contribution in [3.05, 3.63) is 23.8 Å². The van der Waals surface area contributed by atoms with Crippen molar-refractivity contribution in [1.82, 2.24) is 4.90 Å². The predicted octanol–water partition coefficient (Wildman–Crippen LogP) is 1.09. The van der Waals surface area contributed by atoms with Crippen LogP contribution in [0.2, 0.25) is 0 Å². The molecule has 0 spiro atoms. The van der Waals surface area contributed by atoms with Gasteiger partial charge in [-0.1, -0.05) is 19.1 Å². The lowest BCUT2D eigenvalue weighted by Crippen LogP contribution is -2.35. The number of hydrogen-bond donors (Lipinski definition) is 3. The van der Waals surface area contributed by atoms with Crippen molar-refractivity contribution in [3.8, 4) is 11.5 Å². The first-order valence-electron chi connectivity index (χ1n) is 5.39. The third-order valence-electron chi connectivity index (χ3n) is 2.59. The van der Waals surface area contributed by atoms with Gasteiger partial charge in [0, 0.05) is 25.6 Å². The van der Waals surface area contributed by atoms with Crippen molar-refractivity contribution in [1.29, 1.82) is 0 Å². The van der Waals surface area contributed by atoms with Gasteiger partial charge in [0.1, 0.15) is 11.5 Å². The minimum absolute atomic E-state index is 0.0943. The Labute approximate surface area is 111 Å². The van der Waals surface area contributed by atoms with E-state index in [-0.39, 0.29) is 28.9 Å². The Bertz CT molecular complexity index is 476. The smallest absolute Gasteiger partial charge is 0.257 e. The number of thiocarbonyl (C=S) groups is 1. The second-order valence-electron chi connectivity index (χ2n) is 4.19. The number of hydrogen-bond acceptors (Lipinski definition) is 4.